The van der Waals surface area contributed by atoms with Crippen molar-refractivity contribution in [2.75, 3.05) is 13.7 Å². The number of benzene rings is 2. The number of phenolic OH excluding ortho intramolecular Hbond substituents is 2. The van der Waals surface area contributed by atoms with Crippen molar-refractivity contribution in [3.63, 3.8) is 0 Å². The molecular weight excluding hydrogens is 350 g/mol. The molecule has 0 atom stereocenters. The van der Waals surface area contributed by atoms with Crippen molar-refractivity contribution in [1.82, 2.24) is 5.32 Å². The van der Waals surface area contributed by atoms with Crippen LogP contribution < -0.4 is 10.1 Å². The van der Waals surface area contributed by atoms with Crippen LogP contribution in [0.4, 0.5) is 0 Å². The molecule has 5 nitrogen and oxygen atoms in total. The quantitative estimate of drug-likeness (QED) is 0.761. The van der Waals surface area contributed by atoms with E-state index >= 15 is 0 Å². The Bertz CT molecular complexity index is 671. The fraction of sp³-hybridized carbons (Fsp3) is 0.188. The molecule has 3 N–H and O–H groups in total. The third kappa shape index (κ3) is 3.92. The number of amides is 1. The first-order valence-electron chi connectivity index (χ1n) is 6.64. The van der Waals surface area contributed by atoms with Gasteiger partial charge in [0.2, 0.25) is 0 Å². The van der Waals surface area contributed by atoms with Crippen LogP contribution in [0.3, 0.4) is 0 Å². The predicted octanol–water partition coefficient (Wildman–Crippen LogP) is 2.84. The molecule has 116 valence electrons. The minimum Gasteiger partial charge on any atom is -0.508 e. The van der Waals surface area contributed by atoms with Crippen molar-refractivity contribution in [1.29, 1.82) is 0 Å². The first-order valence-corrected chi connectivity index (χ1v) is 7.43. The average molecular weight is 366 g/mol. The summed E-state index contributed by atoms with van der Waals surface area (Å²) in [6.45, 7) is 0.447. The average Bonchev–Trinajstić information content (AvgIpc) is 2.51. The van der Waals surface area contributed by atoms with Gasteiger partial charge in [-0.2, -0.15) is 0 Å². The fourth-order valence-corrected chi connectivity index (χ4v) is 2.46. The molecule has 0 aliphatic rings. The van der Waals surface area contributed by atoms with E-state index in [4.69, 9.17) is 4.74 Å². The normalized spacial score (nSPS) is 10.3. The zero-order valence-corrected chi connectivity index (χ0v) is 13.6. The van der Waals surface area contributed by atoms with Gasteiger partial charge in [0.1, 0.15) is 5.75 Å². The minimum absolute atomic E-state index is 0.0885. The van der Waals surface area contributed by atoms with E-state index in [1.54, 1.807) is 30.3 Å². The van der Waals surface area contributed by atoms with E-state index in [9.17, 15) is 15.0 Å². The summed E-state index contributed by atoms with van der Waals surface area (Å²) in [4.78, 5) is 12.1. The highest BCUT2D eigenvalue weighted by atomic mass is 79.9. The summed E-state index contributed by atoms with van der Waals surface area (Å²) in [6.07, 6.45) is 0.645. The molecule has 6 heteroatoms. The predicted molar refractivity (Wildman–Crippen MR) is 86.5 cm³/mol. The van der Waals surface area contributed by atoms with Crippen molar-refractivity contribution >= 4 is 21.8 Å². The standard InChI is InChI=1S/C16H16BrNO4/c1-22-15-9-13(17)12(8-14(15)20)16(21)18-7-6-10-2-4-11(19)5-3-10/h2-5,8-9,19-20H,6-7H2,1H3,(H,18,21). The highest BCUT2D eigenvalue weighted by molar-refractivity contribution is 9.10. The van der Waals surface area contributed by atoms with Gasteiger partial charge in [-0.1, -0.05) is 12.1 Å². The van der Waals surface area contributed by atoms with E-state index < -0.39 is 0 Å². The van der Waals surface area contributed by atoms with Crippen LogP contribution >= 0.6 is 15.9 Å². The molecule has 2 aromatic carbocycles. The second kappa shape index (κ2) is 7.17. The number of ether oxygens (including phenoxy) is 1. The fourth-order valence-electron chi connectivity index (χ4n) is 1.96. The molecule has 1 amide bonds. The molecule has 0 bridgehead atoms. The second-order valence-corrected chi connectivity index (χ2v) is 5.53. The van der Waals surface area contributed by atoms with Crippen LogP contribution in [-0.2, 0) is 6.42 Å². The lowest BCUT2D eigenvalue weighted by atomic mass is 10.1. The largest absolute Gasteiger partial charge is 0.508 e. The summed E-state index contributed by atoms with van der Waals surface area (Å²) in [7, 11) is 1.44. The van der Waals surface area contributed by atoms with Gasteiger partial charge in [0, 0.05) is 11.0 Å². The maximum atomic E-state index is 12.1. The summed E-state index contributed by atoms with van der Waals surface area (Å²) in [5.41, 5.74) is 1.35. The Hall–Kier alpha value is -2.21. The number of hydrogen-bond donors (Lipinski definition) is 3. The Morgan fingerprint density at radius 3 is 2.55 bits per heavy atom. The van der Waals surface area contributed by atoms with Gasteiger partial charge in [0.05, 0.1) is 12.7 Å². The van der Waals surface area contributed by atoms with Gasteiger partial charge in [0.15, 0.2) is 11.5 Å². The summed E-state index contributed by atoms with van der Waals surface area (Å²) < 4.78 is 5.52. The SMILES string of the molecule is COc1cc(Br)c(C(=O)NCCc2ccc(O)cc2)cc1O. The molecule has 0 spiro atoms. The first kappa shape index (κ1) is 16.2. The zero-order chi connectivity index (χ0) is 16.1. The number of hydrogen-bond acceptors (Lipinski definition) is 4. The van der Waals surface area contributed by atoms with E-state index in [2.05, 4.69) is 21.2 Å². The molecule has 0 aliphatic carbocycles. The molecule has 22 heavy (non-hydrogen) atoms. The summed E-state index contributed by atoms with van der Waals surface area (Å²) in [5.74, 6) is 0.135. The van der Waals surface area contributed by atoms with E-state index in [0.29, 0.717) is 28.8 Å². The number of rotatable bonds is 5. The Morgan fingerprint density at radius 2 is 1.91 bits per heavy atom. The van der Waals surface area contributed by atoms with Gasteiger partial charge in [-0.15, -0.1) is 0 Å². The van der Waals surface area contributed by atoms with E-state index in [-0.39, 0.29) is 17.4 Å². The monoisotopic (exact) mass is 365 g/mol. The van der Waals surface area contributed by atoms with Gasteiger partial charge in [-0.3, -0.25) is 4.79 Å². The molecule has 0 unspecified atom stereocenters. The minimum atomic E-state index is -0.288. The first-order chi connectivity index (χ1) is 10.5. The number of methoxy groups -OCH3 is 1. The molecule has 0 radical (unpaired) electrons. The Kier molecular flexibility index (Phi) is 5.27. The van der Waals surface area contributed by atoms with E-state index in [0.717, 1.165) is 5.56 Å². The van der Waals surface area contributed by atoms with Crippen LogP contribution in [0.5, 0.6) is 17.2 Å². The molecule has 0 saturated carbocycles. The number of halogens is 1. The number of carbonyl (C=O) groups excluding carboxylic acids is 1. The number of carbonyl (C=O) groups is 1. The maximum Gasteiger partial charge on any atom is 0.252 e. The van der Waals surface area contributed by atoms with Crippen molar-refractivity contribution in [2.24, 2.45) is 0 Å². The summed E-state index contributed by atoms with van der Waals surface area (Å²) >= 11 is 3.29. The third-order valence-electron chi connectivity index (χ3n) is 3.15. The van der Waals surface area contributed by atoms with Gasteiger partial charge < -0.3 is 20.3 Å². The van der Waals surface area contributed by atoms with Crippen LogP contribution in [0.15, 0.2) is 40.9 Å². The Labute approximate surface area is 136 Å². The van der Waals surface area contributed by atoms with Crippen LogP contribution in [0, 0.1) is 0 Å². The molecular formula is C16H16BrNO4. The number of nitrogens with one attached hydrogen (secondary N) is 1. The van der Waals surface area contributed by atoms with Gasteiger partial charge in [-0.05, 0) is 52.2 Å². The third-order valence-corrected chi connectivity index (χ3v) is 3.80. The molecule has 0 heterocycles. The smallest absolute Gasteiger partial charge is 0.252 e. The van der Waals surface area contributed by atoms with E-state index in [1.807, 2.05) is 0 Å². The lowest BCUT2D eigenvalue weighted by Gasteiger charge is -2.10. The zero-order valence-electron chi connectivity index (χ0n) is 12.0. The van der Waals surface area contributed by atoms with E-state index in [1.165, 1.54) is 13.2 Å². The maximum absolute atomic E-state index is 12.1. The van der Waals surface area contributed by atoms with Gasteiger partial charge in [0.25, 0.3) is 5.91 Å². The Balaban J connectivity index is 1.97. The van der Waals surface area contributed by atoms with Gasteiger partial charge in [-0.25, -0.2) is 0 Å². The van der Waals surface area contributed by atoms with Gasteiger partial charge >= 0.3 is 0 Å². The molecule has 0 aromatic heterocycles. The van der Waals surface area contributed by atoms with Crippen LogP contribution in [-0.4, -0.2) is 29.8 Å². The molecule has 0 aliphatic heterocycles. The number of aromatic hydroxyl groups is 2. The topological polar surface area (TPSA) is 78.8 Å². The van der Waals surface area contributed by atoms with Crippen molar-refractivity contribution in [3.8, 4) is 17.2 Å². The molecule has 2 aromatic rings. The molecule has 0 fully saturated rings. The summed E-state index contributed by atoms with van der Waals surface area (Å²) in [6, 6.07) is 9.72. The second-order valence-electron chi connectivity index (χ2n) is 4.68. The number of phenols is 2. The highest BCUT2D eigenvalue weighted by Crippen LogP contribution is 2.32. The lowest BCUT2D eigenvalue weighted by Crippen LogP contribution is -2.26. The molecule has 0 saturated heterocycles. The highest BCUT2D eigenvalue weighted by Gasteiger charge is 2.14. The van der Waals surface area contributed by atoms with Crippen molar-refractivity contribution < 1.29 is 19.7 Å². The Morgan fingerprint density at radius 1 is 1.23 bits per heavy atom. The van der Waals surface area contributed by atoms with Crippen LogP contribution in [0.1, 0.15) is 15.9 Å². The summed E-state index contributed by atoms with van der Waals surface area (Å²) in [5, 5.41) is 21.7. The lowest BCUT2D eigenvalue weighted by molar-refractivity contribution is 0.0953. The van der Waals surface area contributed by atoms with Crippen LogP contribution in [0.25, 0.3) is 0 Å². The van der Waals surface area contributed by atoms with Crippen LogP contribution in [0.2, 0.25) is 0 Å². The van der Waals surface area contributed by atoms with Crippen molar-refractivity contribution in [3.05, 3.63) is 52.0 Å². The van der Waals surface area contributed by atoms with Crippen molar-refractivity contribution in [2.45, 2.75) is 6.42 Å². The molecule has 2 rings (SSSR count).